The van der Waals surface area contributed by atoms with Gasteiger partial charge in [-0.05, 0) is 60.7 Å². The molecule has 1 aliphatic carbocycles. The Morgan fingerprint density at radius 3 is 1.52 bits per heavy atom. The van der Waals surface area contributed by atoms with Gasteiger partial charge < -0.3 is 9.64 Å². The molecular formula is C36H23NO3. The third-order valence-electron chi connectivity index (χ3n) is 7.25. The Hall–Kier alpha value is -5.48. The summed E-state index contributed by atoms with van der Waals surface area (Å²) >= 11 is 0. The van der Waals surface area contributed by atoms with Crippen molar-refractivity contribution in [3.8, 4) is 5.75 Å². The molecule has 5 aromatic rings. The van der Waals surface area contributed by atoms with Gasteiger partial charge in [0.25, 0.3) is 0 Å². The van der Waals surface area contributed by atoms with Gasteiger partial charge in [0.15, 0.2) is 11.6 Å². The highest BCUT2D eigenvalue weighted by atomic mass is 16.5. The third-order valence-corrected chi connectivity index (χ3v) is 7.25. The Morgan fingerprint density at radius 2 is 0.950 bits per heavy atom. The van der Waals surface area contributed by atoms with Gasteiger partial charge in [0.2, 0.25) is 0 Å². The second kappa shape index (κ2) is 9.68. The number of hydrogen-bond acceptors (Lipinski definition) is 4. The van der Waals surface area contributed by atoms with Crippen LogP contribution in [0.15, 0.2) is 145 Å². The summed E-state index contributed by atoms with van der Waals surface area (Å²) < 4.78 is 6.32. The number of ketones is 2. The Morgan fingerprint density at radius 1 is 0.475 bits per heavy atom. The van der Waals surface area contributed by atoms with Gasteiger partial charge in [-0.2, -0.15) is 0 Å². The lowest BCUT2D eigenvalue weighted by atomic mass is 9.92. The van der Waals surface area contributed by atoms with Gasteiger partial charge in [-0.1, -0.05) is 78.9 Å². The summed E-state index contributed by atoms with van der Waals surface area (Å²) in [5.74, 6) is 0.688. The van der Waals surface area contributed by atoms with Crippen LogP contribution in [-0.4, -0.2) is 11.6 Å². The number of Topliss-reactive ketones (excluding diaryl/α,β-unsaturated/α-hetero) is 2. The number of benzene rings is 5. The molecule has 190 valence electrons. The van der Waals surface area contributed by atoms with E-state index in [0.717, 1.165) is 28.2 Å². The highest BCUT2D eigenvalue weighted by molar-refractivity contribution is 6.43. The summed E-state index contributed by atoms with van der Waals surface area (Å²) in [6, 6.07) is 43.0. The van der Waals surface area contributed by atoms with Crippen LogP contribution in [0.5, 0.6) is 5.75 Å². The van der Waals surface area contributed by atoms with Crippen LogP contribution in [0.4, 0.5) is 17.1 Å². The number of nitrogens with zero attached hydrogens (tertiary/aromatic N) is 1. The SMILES string of the molecule is O=C1C(=C2C=C(c3ccc(N(c4ccccc4)c4ccccc4)cc3)Oc3ccccc32)C(=O)c2ccccc21. The Balaban J connectivity index is 1.32. The van der Waals surface area contributed by atoms with Gasteiger partial charge >= 0.3 is 0 Å². The minimum atomic E-state index is -0.250. The molecule has 0 bridgehead atoms. The number of ether oxygens (including phenoxy) is 1. The first kappa shape index (κ1) is 23.6. The van der Waals surface area contributed by atoms with E-state index in [1.165, 1.54) is 0 Å². The Bertz CT molecular complexity index is 1760. The quantitative estimate of drug-likeness (QED) is 0.177. The van der Waals surface area contributed by atoms with Crippen molar-refractivity contribution in [2.24, 2.45) is 0 Å². The number of anilines is 3. The van der Waals surface area contributed by atoms with Gasteiger partial charge in [-0.25, -0.2) is 0 Å². The van der Waals surface area contributed by atoms with E-state index in [1.807, 2.05) is 78.9 Å². The van der Waals surface area contributed by atoms with Crippen LogP contribution in [0.3, 0.4) is 0 Å². The van der Waals surface area contributed by atoms with Gasteiger partial charge in [0.1, 0.15) is 11.5 Å². The first-order valence-electron chi connectivity index (χ1n) is 13.1. The molecule has 0 spiro atoms. The highest BCUT2D eigenvalue weighted by Gasteiger charge is 2.36. The van der Waals surface area contributed by atoms with Crippen molar-refractivity contribution in [1.82, 2.24) is 0 Å². The normalized spacial score (nSPS) is 13.8. The highest BCUT2D eigenvalue weighted by Crippen LogP contribution is 2.42. The molecule has 0 radical (unpaired) electrons. The van der Waals surface area contributed by atoms with Gasteiger partial charge in [-0.3, -0.25) is 9.59 Å². The molecule has 0 N–H and O–H groups in total. The second-order valence-electron chi connectivity index (χ2n) is 9.65. The summed E-state index contributed by atoms with van der Waals surface area (Å²) in [7, 11) is 0. The molecule has 0 fully saturated rings. The van der Waals surface area contributed by atoms with Crippen molar-refractivity contribution < 1.29 is 14.3 Å². The molecule has 0 saturated heterocycles. The van der Waals surface area contributed by atoms with Crippen molar-refractivity contribution in [3.05, 3.63) is 167 Å². The fraction of sp³-hybridized carbons (Fsp3) is 0. The zero-order chi connectivity index (χ0) is 27.1. The lowest BCUT2D eigenvalue weighted by Crippen LogP contribution is -2.11. The van der Waals surface area contributed by atoms with Crippen LogP contribution in [0.2, 0.25) is 0 Å². The van der Waals surface area contributed by atoms with Crippen LogP contribution >= 0.6 is 0 Å². The maximum absolute atomic E-state index is 13.4. The molecule has 4 nitrogen and oxygen atoms in total. The van der Waals surface area contributed by atoms with E-state index >= 15 is 0 Å². The van der Waals surface area contributed by atoms with Crippen LogP contribution in [-0.2, 0) is 0 Å². The zero-order valence-electron chi connectivity index (χ0n) is 21.5. The van der Waals surface area contributed by atoms with Crippen molar-refractivity contribution in [2.45, 2.75) is 0 Å². The second-order valence-corrected chi connectivity index (χ2v) is 9.65. The molecule has 40 heavy (non-hydrogen) atoms. The zero-order valence-corrected chi connectivity index (χ0v) is 21.5. The predicted octanol–water partition coefficient (Wildman–Crippen LogP) is 8.42. The number of fused-ring (bicyclic) bond motifs is 2. The monoisotopic (exact) mass is 517 g/mol. The van der Waals surface area contributed by atoms with E-state index in [1.54, 1.807) is 24.3 Å². The summed E-state index contributed by atoms with van der Waals surface area (Å²) in [6.45, 7) is 0. The summed E-state index contributed by atoms with van der Waals surface area (Å²) in [6.07, 6.45) is 1.82. The van der Waals surface area contributed by atoms with Crippen molar-refractivity contribution >= 4 is 40.0 Å². The lowest BCUT2D eigenvalue weighted by Gasteiger charge is -2.26. The van der Waals surface area contributed by atoms with E-state index in [0.29, 0.717) is 28.2 Å². The van der Waals surface area contributed by atoms with Crippen LogP contribution < -0.4 is 9.64 Å². The van der Waals surface area contributed by atoms with Gasteiger partial charge in [0.05, 0.1) is 5.57 Å². The summed E-state index contributed by atoms with van der Waals surface area (Å²) in [4.78, 5) is 29.0. The summed E-state index contributed by atoms with van der Waals surface area (Å²) in [5.41, 5.74) is 6.32. The topological polar surface area (TPSA) is 46.6 Å². The molecular weight excluding hydrogens is 494 g/mol. The summed E-state index contributed by atoms with van der Waals surface area (Å²) in [5, 5.41) is 0. The average molecular weight is 518 g/mol. The molecule has 2 aliphatic rings. The Labute approximate surface area is 232 Å². The van der Waals surface area contributed by atoms with Crippen molar-refractivity contribution in [2.75, 3.05) is 4.90 Å². The molecule has 0 atom stereocenters. The average Bonchev–Trinajstić information content (AvgIpc) is 3.27. The number of carbonyl (C=O) groups is 2. The number of rotatable bonds is 4. The van der Waals surface area contributed by atoms with E-state index in [9.17, 15) is 9.59 Å². The molecule has 5 aromatic carbocycles. The fourth-order valence-corrected chi connectivity index (χ4v) is 5.36. The third kappa shape index (κ3) is 3.94. The molecule has 1 heterocycles. The van der Waals surface area contributed by atoms with Crippen LogP contribution in [0.25, 0.3) is 11.3 Å². The van der Waals surface area contributed by atoms with Crippen LogP contribution in [0.1, 0.15) is 31.8 Å². The lowest BCUT2D eigenvalue weighted by molar-refractivity contribution is 0.0990. The molecule has 0 amide bonds. The maximum atomic E-state index is 13.4. The van der Waals surface area contributed by atoms with E-state index < -0.39 is 0 Å². The Kier molecular flexibility index (Phi) is 5.72. The molecule has 4 heteroatoms. The van der Waals surface area contributed by atoms with E-state index in [-0.39, 0.29) is 17.1 Å². The van der Waals surface area contributed by atoms with E-state index in [2.05, 4.69) is 41.3 Å². The molecule has 1 aliphatic heterocycles. The molecule has 0 saturated carbocycles. The van der Waals surface area contributed by atoms with Gasteiger partial charge in [0, 0.05) is 44.9 Å². The maximum Gasteiger partial charge on any atom is 0.198 e. The van der Waals surface area contributed by atoms with Crippen molar-refractivity contribution in [1.29, 1.82) is 0 Å². The number of para-hydroxylation sites is 3. The molecule has 0 aromatic heterocycles. The standard InChI is InChI=1S/C36H23NO3/c38-35-29-16-7-8-17-30(29)36(39)34(35)31-23-33(40-32-18-10-9-15-28(31)32)24-19-21-27(22-20-24)37(25-11-3-1-4-12-25)26-13-5-2-6-14-26/h1-23H. The first-order chi connectivity index (χ1) is 19.7. The van der Waals surface area contributed by atoms with Gasteiger partial charge in [-0.15, -0.1) is 0 Å². The minimum Gasteiger partial charge on any atom is -0.456 e. The van der Waals surface area contributed by atoms with E-state index in [4.69, 9.17) is 4.74 Å². The number of allylic oxidation sites excluding steroid dienone is 3. The number of carbonyl (C=O) groups excluding carboxylic acids is 2. The largest absolute Gasteiger partial charge is 0.456 e. The van der Waals surface area contributed by atoms with Crippen molar-refractivity contribution in [3.63, 3.8) is 0 Å². The molecule has 0 unspecified atom stereocenters. The fourth-order valence-electron chi connectivity index (χ4n) is 5.36. The molecule has 7 rings (SSSR count). The van der Waals surface area contributed by atoms with Crippen LogP contribution in [0, 0.1) is 0 Å². The smallest absolute Gasteiger partial charge is 0.198 e. The number of hydrogen-bond donors (Lipinski definition) is 0. The first-order valence-corrected chi connectivity index (χ1v) is 13.1. The minimum absolute atomic E-state index is 0.186. The predicted molar refractivity (Wildman–Crippen MR) is 158 cm³/mol.